The SMILES string of the molecule is C[C@@H](NC1C(C)(C)[C@H]2CC[C@]1(C)C2)c1ccccc1Br. The van der Waals surface area contributed by atoms with Gasteiger partial charge in [-0.1, -0.05) is 54.9 Å². The summed E-state index contributed by atoms with van der Waals surface area (Å²) in [5.74, 6) is 0.899. The molecule has 1 unspecified atom stereocenters. The Morgan fingerprint density at radius 2 is 1.95 bits per heavy atom. The summed E-state index contributed by atoms with van der Waals surface area (Å²) in [4.78, 5) is 0. The Bertz CT molecular complexity index is 505. The fourth-order valence-corrected chi connectivity index (χ4v) is 5.51. The number of benzene rings is 1. The summed E-state index contributed by atoms with van der Waals surface area (Å²) in [6, 6.07) is 9.60. The molecule has 2 saturated carbocycles. The van der Waals surface area contributed by atoms with Crippen LogP contribution in [-0.2, 0) is 0 Å². The smallest absolute Gasteiger partial charge is 0.0305 e. The van der Waals surface area contributed by atoms with E-state index in [0.29, 0.717) is 22.9 Å². The van der Waals surface area contributed by atoms with Crippen molar-refractivity contribution < 1.29 is 0 Å². The number of hydrogen-bond donors (Lipinski definition) is 1. The second-order valence-corrected chi connectivity index (χ2v) is 8.61. The highest BCUT2D eigenvalue weighted by Crippen LogP contribution is 2.62. The molecular formula is C18H26BrN. The van der Waals surface area contributed by atoms with Crippen LogP contribution in [0.1, 0.15) is 58.6 Å². The van der Waals surface area contributed by atoms with Gasteiger partial charge in [0.2, 0.25) is 0 Å². The van der Waals surface area contributed by atoms with Gasteiger partial charge in [0.25, 0.3) is 0 Å². The first-order valence-corrected chi connectivity index (χ1v) is 8.64. The first-order chi connectivity index (χ1) is 9.34. The molecular weight excluding hydrogens is 310 g/mol. The van der Waals surface area contributed by atoms with E-state index in [4.69, 9.17) is 0 Å². The molecule has 2 bridgehead atoms. The van der Waals surface area contributed by atoms with E-state index in [2.05, 4.69) is 73.2 Å². The molecule has 0 spiro atoms. The van der Waals surface area contributed by atoms with Crippen LogP contribution in [0.5, 0.6) is 0 Å². The van der Waals surface area contributed by atoms with E-state index >= 15 is 0 Å². The first-order valence-electron chi connectivity index (χ1n) is 7.85. The van der Waals surface area contributed by atoms with Gasteiger partial charge in [-0.05, 0) is 54.6 Å². The lowest BCUT2D eigenvalue weighted by Gasteiger charge is -2.44. The van der Waals surface area contributed by atoms with Crippen molar-refractivity contribution in [3.63, 3.8) is 0 Å². The highest BCUT2D eigenvalue weighted by molar-refractivity contribution is 9.10. The van der Waals surface area contributed by atoms with Gasteiger partial charge in [0.1, 0.15) is 0 Å². The third kappa shape index (κ3) is 2.16. The third-order valence-corrected chi connectivity index (χ3v) is 6.78. The lowest BCUT2D eigenvalue weighted by molar-refractivity contribution is 0.100. The first kappa shape index (κ1) is 14.6. The van der Waals surface area contributed by atoms with E-state index < -0.39 is 0 Å². The summed E-state index contributed by atoms with van der Waals surface area (Å²) in [5, 5.41) is 3.97. The molecule has 0 heterocycles. The maximum absolute atomic E-state index is 3.97. The second kappa shape index (κ2) is 4.84. The molecule has 0 amide bonds. The summed E-state index contributed by atoms with van der Waals surface area (Å²) in [5.41, 5.74) is 2.28. The zero-order valence-electron chi connectivity index (χ0n) is 13.0. The summed E-state index contributed by atoms with van der Waals surface area (Å²) in [7, 11) is 0. The molecule has 0 aliphatic heterocycles. The number of nitrogens with one attached hydrogen (secondary N) is 1. The van der Waals surface area contributed by atoms with Crippen molar-refractivity contribution in [2.75, 3.05) is 0 Å². The monoisotopic (exact) mass is 335 g/mol. The van der Waals surface area contributed by atoms with Crippen molar-refractivity contribution in [2.24, 2.45) is 16.7 Å². The molecule has 1 N–H and O–H groups in total. The van der Waals surface area contributed by atoms with Crippen LogP contribution in [0, 0.1) is 16.7 Å². The molecule has 2 fully saturated rings. The van der Waals surface area contributed by atoms with Crippen molar-refractivity contribution in [3.8, 4) is 0 Å². The Balaban J connectivity index is 1.83. The Morgan fingerprint density at radius 3 is 2.55 bits per heavy atom. The van der Waals surface area contributed by atoms with Gasteiger partial charge in [-0.15, -0.1) is 0 Å². The van der Waals surface area contributed by atoms with Gasteiger partial charge >= 0.3 is 0 Å². The minimum Gasteiger partial charge on any atom is -0.306 e. The molecule has 20 heavy (non-hydrogen) atoms. The normalized spacial score (nSPS) is 36.2. The van der Waals surface area contributed by atoms with Gasteiger partial charge in [-0.3, -0.25) is 0 Å². The summed E-state index contributed by atoms with van der Waals surface area (Å²) in [6.07, 6.45) is 4.22. The lowest BCUT2D eigenvalue weighted by Crippen LogP contribution is -2.51. The molecule has 3 rings (SSSR count). The molecule has 0 radical (unpaired) electrons. The second-order valence-electron chi connectivity index (χ2n) is 7.76. The maximum Gasteiger partial charge on any atom is 0.0305 e. The van der Waals surface area contributed by atoms with Crippen molar-refractivity contribution in [1.82, 2.24) is 5.32 Å². The van der Waals surface area contributed by atoms with Crippen molar-refractivity contribution >= 4 is 15.9 Å². The van der Waals surface area contributed by atoms with Crippen LogP contribution in [-0.4, -0.2) is 6.04 Å². The molecule has 2 heteroatoms. The molecule has 1 nitrogen and oxygen atoms in total. The predicted molar refractivity (Wildman–Crippen MR) is 88.7 cm³/mol. The average Bonchev–Trinajstić information content (AvgIpc) is 2.86. The van der Waals surface area contributed by atoms with Gasteiger partial charge in [-0.2, -0.15) is 0 Å². The number of hydrogen-bond acceptors (Lipinski definition) is 1. The highest BCUT2D eigenvalue weighted by atomic mass is 79.9. The Labute approximate surface area is 131 Å². The van der Waals surface area contributed by atoms with Gasteiger partial charge in [0.15, 0.2) is 0 Å². The van der Waals surface area contributed by atoms with Crippen LogP contribution in [0.25, 0.3) is 0 Å². The Morgan fingerprint density at radius 1 is 1.25 bits per heavy atom. The molecule has 110 valence electrons. The summed E-state index contributed by atoms with van der Waals surface area (Å²) in [6.45, 7) is 9.72. The Kier molecular flexibility index (Phi) is 3.53. The molecule has 1 aromatic carbocycles. The summed E-state index contributed by atoms with van der Waals surface area (Å²) >= 11 is 3.69. The topological polar surface area (TPSA) is 12.0 Å². The van der Waals surface area contributed by atoms with Crippen molar-refractivity contribution in [2.45, 2.75) is 59.0 Å². The van der Waals surface area contributed by atoms with Crippen LogP contribution in [0.2, 0.25) is 0 Å². The maximum atomic E-state index is 3.97. The van der Waals surface area contributed by atoms with E-state index in [-0.39, 0.29) is 0 Å². The quantitative estimate of drug-likeness (QED) is 0.788. The van der Waals surface area contributed by atoms with Crippen LogP contribution in [0.3, 0.4) is 0 Å². The predicted octanol–water partition coefficient (Wildman–Crippen LogP) is 5.31. The van der Waals surface area contributed by atoms with Crippen LogP contribution in [0.4, 0.5) is 0 Å². The minimum atomic E-state index is 0.394. The van der Waals surface area contributed by atoms with E-state index in [1.807, 2.05) is 0 Å². The van der Waals surface area contributed by atoms with E-state index in [1.165, 1.54) is 29.3 Å². The molecule has 0 saturated heterocycles. The Hall–Kier alpha value is -0.340. The largest absolute Gasteiger partial charge is 0.306 e. The molecule has 2 aliphatic carbocycles. The van der Waals surface area contributed by atoms with E-state index in [0.717, 1.165) is 5.92 Å². The van der Waals surface area contributed by atoms with Crippen LogP contribution < -0.4 is 5.32 Å². The van der Waals surface area contributed by atoms with Crippen LogP contribution in [0.15, 0.2) is 28.7 Å². The fourth-order valence-electron chi connectivity index (χ4n) is 4.88. The van der Waals surface area contributed by atoms with Gasteiger partial charge in [0, 0.05) is 16.6 Å². The highest BCUT2D eigenvalue weighted by Gasteiger charge is 2.59. The van der Waals surface area contributed by atoms with Gasteiger partial charge in [-0.25, -0.2) is 0 Å². The van der Waals surface area contributed by atoms with Crippen molar-refractivity contribution in [3.05, 3.63) is 34.3 Å². The van der Waals surface area contributed by atoms with Crippen molar-refractivity contribution in [1.29, 1.82) is 0 Å². The zero-order valence-corrected chi connectivity index (χ0v) is 14.6. The standard InChI is InChI=1S/C18H26BrN/c1-12(14-7-5-6-8-15(14)19)20-16-17(2,3)13-9-10-18(16,4)11-13/h5-8,12-13,16,20H,9-11H2,1-4H3/t12-,13+,16?,18-/m1/s1. The van der Waals surface area contributed by atoms with E-state index in [9.17, 15) is 0 Å². The molecule has 0 aromatic heterocycles. The fraction of sp³-hybridized carbons (Fsp3) is 0.667. The molecule has 2 aliphatic rings. The van der Waals surface area contributed by atoms with Gasteiger partial charge < -0.3 is 5.32 Å². The third-order valence-electron chi connectivity index (χ3n) is 6.06. The zero-order chi connectivity index (χ0) is 14.5. The van der Waals surface area contributed by atoms with Crippen LogP contribution >= 0.6 is 15.9 Å². The molecule has 4 atom stereocenters. The number of rotatable bonds is 3. The lowest BCUT2D eigenvalue weighted by atomic mass is 9.68. The van der Waals surface area contributed by atoms with Gasteiger partial charge in [0.05, 0.1) is 0 Å². The minimum absolute atomic E-state index is 0.394. The molecule has 1 aromatic rings. The number of halogens is 1. The number of fused-ring (bicyclic) bond motifs is 2. The van der Waals surface area contributed by atoms with E-state index in [1.54, 1.807) is 0 Å². The average molecular weight is 336 g/mol. The summed E-state index contributed by atoms with van der Waals surface area (Å²) < 4.78 is 1.21.